The van der Waals surface area contributed by atoms with E-state index in [-0.39, 0.29) is 49.0 Å². The van der Waals surface area contributed by atoms with E-state index in [9.17, 15) is 9.59 Å². The summed E-state index contributed by atoms with van der Waals surface area (Å²) in [4.78, 5) is 47.9. The van der Waals surface area contributed by atoms with Crippen LogP contribution < -0.4 is 11.4 Å². The SMILES string of the molecule is Cc1cc(-n2nc3c(c2-n2ccn(-c4ccc5c(cnn5C5CC5)c4F)c2=O)[C@@H]2COC[C@H](C3)N2C(=O)c2cc3cc(C4CCOCC4)ccc3n2[C@@]2(c3noc(=O)[nH]3)C[C@@H]2C)cc(C)c1F. The summed E-state index contributed by atoms with van der Waals surface area (Å²) in [5.41, 5.74) is 4.22. The Labute approximate surface area is 380 Å². The monoisotopic (exact) mass is 908 g/mol. The van der Waals surface area contributed by atoms with Crippen LogP contribution in [0, 0.1) is 31.4 Å². The van der Waals surface area contributed by atoms with Crippen LogP contribution in [0.5, 0.6) is 0 Å². The summed E-state index contributed by atoms with van der Waals surface area (Å²) in [5.74, 6) is -0.894. The first-order chi connectivity index (χ1) is 32.5. The highest BCUT2D eigenvalue weighted by Crippen LogP contribution is 2.56. The first-order valence-corrected chi connectivity index (χ1v) is 23.1. The fraction of sp³-hybridized carbons (Fsp3) is 0.388. The molecular formula is C49H46F2N10O6. The summed E-state index contributed by atoms with van der Waals surface area (Å²) in [5, 5.41) is 15.0. The normalized spacial score (nSPS) is 22.8. The van der Waals surface area contributed by atoms with Crippen LogP contribution >= 0.6 is 0 Å². The molecule has 0 spiro atoms. The molecule has 2 saturated heterocycles. The zero-order chi connectivity index (χ0) is 45.6. The molecule has 67 heavy (non-hydrogen) atoms. The fourth-order valence-corrected chi connectivity index (χ4v) is 11.5. The lowest BCUT2D eigenvalue weighted by Gasteiger charge is -2.45. The van der Waals surface area contributed by atoms with E-state index >= 15 is 13.6 Å². The van der Waals surface area contributed by atoms with Crippen LogP contribution in [0.15, 0.2) is 81.2 Å². The van der Waals surface area contributed by atoms with E-state index in [4.69, 9.17) is 19.1 Å². The number of benzene rings is 3. The Morgan fingerprint density at radius 2 is 1.64 bits per heavy atom. The number of nitrogens with zero attached hydrogens (tertiary/aromatic N) is 9. The molecule has 2 aliphatic carbocycles. The lowest BCUT2D eigenvalue weighted by molar-refractivity contribution is -0.0441. The van der Waals surface area contributed by atoms with Crippen molar-refractivity contribution in [3.05, 3.63) is 139 Å². The van der Waals surface area contributed by atoms with Gasteiger partial charge in [0, 0.05) is 48.5 Å². The van der Waals surface area contributed by atoms with Crippen LogP contribution in [0.4, 0.5) is 8.78 Å². The van der Waals surface area contributed by atoms with Gasteiger partial charge in [-0.15, -0.1) is 0 Å². The van der Waals surface area contributed by atoms with Crippen molar-refractivity contribution < 1.29 is 27.6 Å². The number of hydrogen-bond donors (Lipinski definition) is 1. The Kier molecular flexibility index (Phi) is 8.76. The van der Waals surface area contributed by atoms with Gasteiger partial charge in [0.25, 0.3) is 5.91 Å². The second-order valence-corrected chi connectivity index (χ2v) is 19.1. The van der Waals surface area contributed by atoms with Gasteiger partial charge in [0.2, 0.25) is 0 Å². The topological polar surface area (TPSA) is 165 Å². The molecule has 16 nitrogen and oxygen atoms in total. The Hall–Kier alpha value is -6.92. The molecule has 8 aromatic rings. The van der Waals surface area contributed by atoms with Crippen molar-refractivity contribution in [3.8, 4) is 17.2 Å². The van der Waals surface area contributed by atoms with Gasteiger partial charge in [0.05, 0.1) is 65.5 Å². The Bertz CT molecular complexity index is 3470. The van der Waals surface area contributed by atoms with Crippen molar-refractivity contribution in [1.82, 2.24) is 48.3 Å². The molecule has 5 aliphatic rings. The third kappa shape index (κ3) is 5.94. The lowest BCUT2D eigenvalue weighted by Crippen LogP contribution is -2.55. The number of fused-ring (bicyclic) bond motifs is 6. The Morgan fingerprint density at radius 3 is 2.37 bits per heavy atom. The number of nitrogens with one attached hydrogen (secondary N) is 1. The second-order valence-electron chi connectivity index (χ2n) is 19.1. The predicted octanol–water partition coefficient (Wildman–Crippen LogP) is 6.84. The van der Waals surface area contributed by atoms with E-state index < -0.39 is 34.9 Å². The number of rotatable bonds is 8. The van der Waals surface area contributed by atoms with E-state index in [1.807, 2.05) is 20.2 Å². The number of carbonyl (C=O) groups is 1. The Balaban J connectivity index is 0.977. The first kappa shape index (κ1) is 40.4. The second kappa shape index (κ2) is 14.5. The number of aromatic amines is 1. The van der Waals surface area contributed by atoms with Crippen molar-refractivity contribution >= 4 is 27.7 Å². The molecule has 3 aromatic carbocycles. The first-order valence-electron chi connectivity index (χ1n) is 23.1. The van der Waals surface area contributed by atoms with E-state index in [0.717, 1.165) is 36.6 Å². The fourth-order valence-electron chi connectivity index (χ4n) is 11.5. The highest BCUT2D eigenvalue weighted by Gasteiger charge is 2.59. The van der Waals surface area contributed by atoms with Crippen molar-refractivity contribution in [2.24, 2.45) is 5.92 Å². The summed E-state index contributed by atoms with van der Waals surface area (Å²) in [6, 6.07) is 14.1. The molecule has 2 saturated carbocycles. The van der Waals surface area contributed by atoms with Crippen LogP contribution in [-0.2, 0) is 21.4 Å². The molecule has 13 rings (SSSR count). The zero-order valence-electron chi connectivity index (χ0n) is 37.0. The van der Waals surface area contributed by atoms with Crippen molar-refractivity contribution in [2.45, 2.75) is 88.9 Å². The largest absolute Gasteiger partial charge is 0.438 e. The van der Waals surface area contributed by atoms with E-state index in [2.05, 4.69) is 40.4 Å². The lowest BCUT2D eigenvalue weighted by atomic mass is 9.90. The minimum atomic E-state index is -0.870. The Morgan fingerprint density at radius 1 is 0.881 bits per heavy atom. The molecule has 4 fully saturated rings. The predicted molar refractivity (Wildman–Crippen MR) is 239 cm³/mol. The number of halogens is 2. The van der Waals surface area contributed by atoms with E-state index in [1.165, 1.54) is 27.1 Å². The standard InChI is InChI=1S/C49H46F2N10O6/c1-25-16-32(17-26(2)42(25)50)61-44(57-13-12-56(48(57)64)38-9-8-37-34(43(38)51)22-52-60(37)31-5-6-31)41-35(54-61)20-33-23-66-24-40(41)58(33)45(62)39-19-30-18-29(28-10-14-65-15-11-28)4-7-36(30)59(39)49(21-27(49)3)46-53-47(63)67-55-46/h4,7-9,12-13,16-19,22,27-28,31,33,40H,5-6,10-11,14-15,20-21,23-24H2,1-3H3,(H,53,55,63)/t27-,33-,40-,49-/m0/s1. The highest BCUT2D eigenvalue weighted by molar-refractivity contribution is 6.00. The quantitative estimate of drug-likeness (QED) is 0.172. The molecule has 0 unspecified atom stereocenters. The molecule has 1 amide bonds. The molecule has 0 radical (unpaired) electrons. The third-order valence-corrected chi connectivity index (χ3v) is 15.1. The molecule has 342 valence electrons. The van der Waals surface area contributed by atoms with Crippen LogP contribution in [0.3, 0.4) is 0 Å². The summed E-state index contributed by atoms with van der Waals surface area (Å²) >= 11 is 0. The van der Waals surface area contributed by atoms with Crippen molar-refractivity contribution in [1.29, 1.82) is 0 Å². The number of aryl methyl sites for hydroxylation is 2. The van der Waals surface area contributed by atoms with E-state index in [1.54, 1.807) is 49.0 Å². The number of amides is 1. The van der Waals surface area contributed by atoms with Gasteiger partial charge < -0.3 is 18.9 Å². The number of ether oxygens (including phenoxy) is 2. The average Bonchev–Trinajstić information content (AvgIpc) is 3.86. The summed E-state index contributed by atoms with van der Waals surface area (Å²) in [6.45, 7) is 7.12. The van der Waals surface area contributed by atoms with E-state index in [0.29, 0.717) is 81.9 Å². The van der Waals surface area contributed by atoms with Gasteiger partial charge in [0.15, 0.2) is 11.6 Å². The van der Waals surface area contributed by atoms with Crippen LogP contribution in [-0.4, -0.2) is 86.7 Å². The van der Waals surface area contributed by atoms with Crippen LogP contribution in [0.1, 0.15) is 101 Å². The molecule has 1 N–H and O–H groups in total. The minimum Gasteiger partial charge on any atom is -0.381 e. The molecule has 4 atom stereocenters. The van der Waals surface area contributed by atoms with Gasteiger partial charge in [-0.1, -0.05) is 18.1 Å². The van der Waals surface area contributed by atoms with Gasteiger partial charge >= 0.3 is 11.4 Å². The number of carbonyl (C=O) groups excluding carboxylic acids is 1. The maximum absolute atomic E-state index is 16.5. The van der Waals surface area contributed by atoms with Gasteiger partial charge in [-0.3, -0.25) is 28.1 Å². The summed E-state index contributed by atoms with van der Waals surface area (Å²) < 4.78 is 56.9. The molecule has 2 bridgehead atoms. The number of morpholine rings is 1. The highest BCUT2D eigenvalue weighted by atomic mass is 19.1. The smallest absolute Gasteiger partial charge is 0.381 e. The molecule has 5 aromatic heterocycles. The van der Waals surface area contributed by atoms with Gasteiger partial charge in [0.1, 0.15) is 22.9 Å². The molecule has 3 aliphatic heterocycles. The zero-order valence-corrected chi connectivity index (χ0v) is 37.0. The third-order valence-electron chi connectivity index (χ3n) is 15.1. The molecular weight excluding hydrogens is 863 g/mol. The molecule has 8 heterocycles. The minimum absolute atomic E-state index is 0.00958. The van der Waals surface area contributed by atoms with Crippen molar-refractivity contribution in [3.63, 3.8) is 0 Å². The van der Waals surface area contributed by atoms with Crippen LogP contribution in [0.25, 0.3) is 39.0 Å². The van der Waals surface area contributed by atoms with Gasteiger partial charge in [-0.25, -0.2) is 23.1 Å². The average molecular weight is 909 g/mol. The van der Waals surface area contributed by atoms with Crippen molar-refractivity contribution in [2.75, 3.05) is 26.4 Å². The van der Waals surface area contributed by atoms with Gasteiger partial charge in [-0.05, 0) is 117 Å². The summed E-state index contributed by atoms with van der Waals surface area (Å²) in [6.07, 6.45) is 9.24. The van der Waals surface area contributed by atoms with Gasteiger partial charge in [-0.2, -0.15) is 10.2 Å². The van der Waals surface area contributed by atoms with Crippen LogP contribution in [0.2, 0.25) is 0 Å². The summed E-state index contributed by atoms with van der Waals surface area (Å²) in [7, 11) is 0. The number of imidazole rings is 1. The number of hydrogen-bond acceptors (Lipinski definition) is 9. The molecule has 18 heteroatoms. The number of aromatic nitrogens is 9. The number of H-pyrrole nitrogens is 1. The maximum atomic E-state index is 16.5. The maximum Gasteiger partial charge on any atom is 0.438 e.